The van der Waals surface area contributed by atoms with Crippen LogP contribution in [-0.2, 0) is 0 Å². The van der Waals surface area contributed by atoms with Crippen molar-refractivity contribution < 1.29 is 4.79 Å². The fourth-order valence-electron chi connectivity index (χ4n) is 2.71. The lowest BCUT2D eigenvalue weighted by molar-refractivity contribution is 0.0729. The molecule has 1 saturated heterocycles. The molecule has 1 aliphatic heterocycles. The summed E-state index contributed by atoms with van der Waals surface area (Å²) in [6.45, 7) is 7.64. The highest BCUT2D eigenvalue weighted by molar-refractivity contribution is 6.33. The fraction of sp³-hybridized carbons (Fsp3) is 0.562. The molecular weight excluding hydrogens is 272 g/mol. The van der Waals surface area contributed by atoms with Crippen LogP contribution in [0.5, 0.6) is 0 Å². The summed E-state index contributed by atoms with van der Waals surface area (Å²) < 4.78 is 0. The van der Waals surface area contributed by atoms with E-state index in [0.29, 0.717) is 16.5 Å². The van der Waals surface area contributed by atoms with Gasteiger partial charge in [-0.15, -0.1) is 0 Å². The van der Waals surface area contributed by atoms with E-state index in [4.69, 9.17) is 11.6 Å². The number of nitrogens with one attached hydrogen (secondary N) is 1. The molecule has 1 unspecified atom stereocenters. The maximum atomic E-state index is 12.6. The normalized spacial score (nSPS) is 18.9. The Morgan fingerprint density at radius 3 is 2.90 bits per heavy atom. The molecule has 1 amide bonds. The van der Waals surface area contributed by atoms with Gasteiger partial charge in [0.05, 0.1) is 10.6 Å². The molecule has 20 heavy (non-hydrogen) atoms. The van der Waals surface area contributed by atoms with Gasteiger partial charge in [0.2, 0.25) is 0 Å². The number of rotatable bonds is 4. The molecule has 1 aromatic rings. The largest absolute Gasteiger partial charge is 0.339 e. The van der Waals surface area contributed by atoms with Gasteiger partial charge in [0.15, 0.2) is 0 Å². The first-order valence-electron chi connectivity index (χ1n) is 7.38. The molecule has 1 heterocycles. The first-order valence-corrected chi connectivity index (χ1v) is 7.75. The summed E-state index contributed by atoms with van der Waals surface area (Å²) in [7, 11) is 0. The van der Waals surface area contributed by atoms with Crippen molar-refractivity contribution >= 4 is 17.5 Å². The standard InChI is InChI=1S/C16H23ClN2O/c1-3-19(11-13-5-4-8-18-10-13)16(20)14-7-6-12(2)9-15(14)17/h6-7,9,13,18H,3-5,8,10-11H2,1-2H3. The first-order chi connectivity index (χ1) is 9.61. The SMILES string of the molecule is CCN(CC1CCCNC1)C(=O)c1ccc(C)cc1Cl. The molecule has 110 valence electrons. The van der Waals surface area contributed by atoms with E-state index >= 15 is 0 Å². The van der Waals surface area contributed by atoms with Crippen molar-refractivity contribution in [1.29, 1.82) is 0 Å². The topological polar surface area (TPSA) is 32.3 Å². The number of benzene rings is 1. The van der Waals surface area contributed by atoms with E-state index < -0.39 is 0 Å². The third kappa shape index (κ3) is 3.74. The van der Waals surface area contributed by atoms with Crippen molar-refractivity contribution in [3.05, 3.63) is 34.3 Å². The van der Waals surface area contributed by atoms with Crippen LogP contribution in [0.25, 0.3) is 0 Å². The molecule has 3 nitrogen and oxygen atoms in total. The summed E-state index contributed by atoms with van der Waals surface area (Å²) >= 11 is 6.21. The monoisotopic (exact) mass is 294 g/mol. The van der Waals surface area contributed by atoms with Crippen molar-refractivity contribution in [3.63, 3.8) is 0 Å². The van der Waals surface area contributed by atoms with E-state index in [-0.39, 0.29) is 5.91 Å². The van der Waals surface area contributed by atoms with Crippen molar-refractivity contribution in [1.82, 2.24) is 10.2 Å². The van der Waals surface area contributed by atoms with Gasteiger partial charge in [0.25, 0.3) is 5.91 Å². The Morgan fingerprint density at radius 2 is 2.30 bits per heavy atom. The molecule has 1 fully saturated rings. The third-order valence-corrected chi connectivity index (χ3v) is 4.21. The second-order valence-corrected chi connectivity index (χ2v) is 5.95. The van der Waals surface area contributed by atoms with Gasteiger partial charge >= 0.3 is 0 Å². The van der Waals surface area contributed by atoms with E-state index in [2.05, 4.69) is 5.32 Å². The quantitative estimate of drug-likeness (QED) is 0.925. The number of piperidine rings is 1. The first kappa shape index (κ1) is 15.3. The Balaban J connectivity index is 2.07. The van der Waals surface area contributed by atoms with Crippen LogP contribution in [0.1, 0.15) is 35.7 Å². The fourth-order valence-corrected chi connectivity index (χ4v) is 3.03. The van der Waals surface area contributed by atoms with Gasteiger partial charge in [-0.1, -0.05) is 17.7 Å². The maximum absolute atomic E-state index is 12.6. The van der Waals surface area contributed by atoms with Crippen molar-refractivity contribution in [2.75, 3.05) is 26.2 Å². The zero-order valence-corrected chi connectivity index (χ0v) is 13.0. The van der Waals surface area contributed by atoms with Crippen LogP contribution in [0.4, 0.5) is 0 Å². The van der Waals surface area contributed by atoms with E-state index in [1.165, 1.54) is 12.8 Å². The van der Waals surface area contributed by atoms with Gasteiger partial charge in [-0.05, 0) is 63.4 Å². The van der Waals surface area contributed by atoms with Crippen LogP contribution < -0.4 is 5.32 Å². The number of aryl methyl sites for hydroxylation is 1. The minimum Gasteiger partial charge on any atom is -0.339 e. The molecule has 1 aliphatic rings. The van der Waals surface area contributed by atoms with Crippen LogP contribution in [0.3, 0.4) is 0 Å². The second-order valence-electron chi connectivity index (χ2n) is 5.54. The second kappa shape index (κ2) is 7.09. The molecule has 1 N–H and O–H groups in total. The maximum Gasteiger partial charge on any atom is 0.255 e. The van der Waals surface area contributed by atoms with E-state index in [9.17, 15) is 4.79 Å². The van der Waals surface area contributed by atoms with Gasteiger partial charge < -0.3 is 10.2 Å². The van der Waals surface area contributed by atoms with Crippen molar-refractivity contribution in [2.45, 2.75) is 26.7 Å². The van der Waals surface area contributed by atoms with Crippen LogP contribution in [0, 0.1) is 12.8 Å². The van der Waals surface area contributed by atoms with E-state index in [0.717, 1.165) is 31.7 Å². The van der Waals surface area contributed by atoms with Gasteiger partial charge in [-0.25, -0.2) is 0 Å². The molecule has 0 bridgehead atoms. The molecule has 0 aromatic heterocycles. The highest BCUT2D eigenvalue weighted by atomic mass is 35.5. The molecule has 0 saturated carbocycles. The number of amides is 1. The molecule has 1 atom stereocenters. The third-order valence-electron chi connectivity index (χ3n) is 3.90. The Labute approximate surface area is 126 Å². The molecule has 0 aliphatic carbocycles. The Morgan fingerprint density at radius 1 is 1.50 bits per heavy atom. The summed E-state index contributed by atoms with van der Waals surface area (Å²) in [5, 5.41) is 3.95. The van der Waals surface area contributed by atoms with Crippen LogP contribution in [0.2, 0.25) is 5.02 Å². The summed E-state index contributed by atoms with van der Waals surface area (Å²) in [5.41, 5.74) is 1.69. The number of carbonyl (C=O) groups excluding carboxylic acids is 1. The average Bonchev–Trinajstić information content (AvgIpc) is 2.45. The Hall–Kier alpha value is -1.06. The Bertz CT molecular complexity index is 470. The summed E-state index contributed by atoms with van der Waals surface area (Å²) in [5.74, 6) is 0.597. The highest BCUT2D eigenvalue weighted by Crippen LogP contribution is 2.21. The van der Waals surface area contributed by atoms with Crippen LogP contribution in [-0.4, -0.2) is 37.0 Å². The lowest BCUT2D eigenvalue weighted by Gasteiger charge is -2.29. The molecule has 1 aromatic carbocycles. The zero-order chi connectivity index (χ0) is 14.5. The Kier molecular flexibility index (Phi) is 5.44. The molecule has 2 rings (SSSR count). The van der Waals surface area contributed by atoms with Crippen LogP contribution >= 0.6 is 11.6 Å². The number of nitrogens with zero attached hydrogens (tertiary/aromatic N) is 1. The predicted octanol–water partition coefficient (Wildman–Crippen LogP) is 3.11. The summed E-state index contributed by atoms with van der Waals surface area (Å²) in [6, 6.07) is 5.63. The molecular formula is C16H23ClN2O. The van der Waals surface area contributed by atoms with Gasteiger partial charge in [-0.3, -0.25) is 4.79 Å². The van der Waals surface area contributed by atoms with E-state index in [1.54, 1.807) is 0 Å². The van der Waals surface area contributed by atoms with Gasteiger partial charge in [0.1, 0.15) is 0 Å². The number of carbonyl (C=O) groups is 1. The smallest absolute Gasteiger partial charge is 0.255 e. The predicted molar refractivity (Wildman–Crippen MR) is 83.4 cm³/mol. The molecule has 4 heteroatoms. The molecule has 0 spiro atoms. The minimum absolute atomic E-state index is 0.0445. The number of halogens is 1. The van der Waals surface area contributed by atoms with Crippen molar-refractivity contribution in [3.8, 4) is 0 Å². The number of hydrogen-bond acceptors (Lipinski definition) is 2. The zero-order valence-electron chi connectivity index (χ0n) is 12.3. The lowest BCUT2D eigenvalue weighted by atomic mass is 9.98. The summed E-state index contributed by atoms with van der Waals surface area (Å²) in [6.07, 6.45) is 2.39. The van der Waals surface area contributed by atoms with Gasteiger partial charge in [0, 0.05) is 13.1 Å². The average molecular weight is 295 g/mol. The summed E-state index contributed by atoms with van der Waals surface area (Å²) in [4.78, 5) is 14.5. The van der Waals surface area contributed by atoms with Crippen LogP contribution in [0.15, 0.2) is 18.2 Å². The lowest BCUT2D eigenvalue weighted by Crippen LogP contribution is -2.41. The number of hydrogen-bond donors (Lipinski definition) is 1. The van der Waals surface area contributed by atoms with E-state index in [1.807, 2.05) is 36.9 Å². The van der Waals surface area contributed by atoms with Crippen molar-refractivity contribution in [2.24, 2.45) is 5.92 Å². The minimum atomic E-state index is 0.0445. The molecule has 0 radical (unpaired) electrons. The van der Waals surface area contributed by atoms with Gasteiger partial charge in [-0.2, -0.15) is 0 Å². The highest BCUT2D eigenvalue weighted by Gasteiger charge is 2.22.